The second-order valence-corrected chi connectivity index (χ2v) is 6.82. The Hall–Kier alpha value is -3.08. The lowest BCUT2D eigenvalue weighted by Gasteiger charge is -2.17. The van der Waals surface area contributed by atoms with Gasteiger partial charge >= 0.3 is 5.97 Å². The SMILES string of the molecule is CCn1cc(C(=O)OC(C(=O)NC2CC2)c2ccccc2)c2ccccc21. The number of para-hydroxylation sites is 1. The van der Waals surface area contributed by atoms with E-state index in [-0.39, 0.29) is 11.9 Å². The maximum absolute atomic E-state index is 13.0. The highest BCUT2D eigenvalue weighted by atomic mass is 16.5. The van der Waals surface area contributed by atoms with Crippen molar-refractivity contribution in [1.82, 2.24) is 9.88 Å². The molecule has 1 atom stereocenters. The van der Waals surface area contributed by atoms with Gasteiger partial charge in [0.15, 0.2) is 0 Å². The number of nitrogens with zero attached hydrogens (tertiary/aromatic N) is 1. The zero-order chi connectivity index (χ0) is 18.8. The molecule has 5 heteroatoms. The van der Waals surface area contributed by atoms with Crippen molar-refractivity contribution in [3.8, 4) is 0 Å². The number of esters is 1. The highest BCUT2D eigenvalue weighted by Crippen LogP contribution is 2.27. The summed E-state index contributed by atoms with van der Waals surface area (Å²) < 4.78 is 7.72. The molecule has 0 saturated heterocycles. The van der Waals surface area contributed by atoms with Gasteiger partial charge < -0.3 is 14.6 Å². The van der Waals surface area contributed by atoms with Crippen molar-refractivity contribution in [2.75, 3.05) is 0 Å². The van der Waals surface area contributed by atoms with Crippen LogP contribution >= 0.6 is 0 Å². The van der Waals surface area contributed by atoms with E-state index in [1.807, 2.05) is 54.0 Å². The molecule has 1 aliphatic rings. The van der Waals surface area contributed by atoms with Gasteiger partial charge in [-0.15, -0.1) is 0 Å². The van der Waals surface area contributed by atoms with Crippen molar-refractivity contribution in [1.29, 1.82) is 0 Å². The average Bonchev–Trinajstić information content (AvgIpc) is 3.43. The zero-order valence-electron chi connectivity index (χ0n) is 15.2. The summed E-state index contributed by atoms with van der Waals surface area (Å²) >= 11 is 0. The molecule has 1 N–H and O–H groups in total. The predicted molar refractivity (Wildman–Crippen MR) is 103 cm³/mol. The fourth-order valence-electron chi connectivity index (χ4n) is 3.25. The molecule has 0 spiro atoms. The fourth-order valence-corrected chi connectivity index (χ4v) is 3.25. The molecule has 1 aromatic heterocycles. The summed E-state index contributed by atoms with van der Waals surface area (Å²) in [5.74, 6) is -0.755. The number of benzene rings is 2. The van der Waals surface area contributed by atoms with Crippen molar-refractivity contribution in [2.24, 2.45) is 0 Å². The third-order valence-electron chi connectivity index (χ3n) is 4.84. The maximum Gasteiger partial charge on any atom is 0.341 e. The molecule has 1 aliphatic carbocycles. The number of aryl methyl sites for hydroxylation is 1. The van der Waals surface area contributed by atoms with Crippen LogP contribution < -0.4 is 5.32 Å². The monoisotopic (exact) mass is 362 g/mol. The lowest BCUT2D eigenvalue weighted by molar-refractivity contribution is -0.130. The van der Waals surface area contributed by atoms with E-state index in [4.69, 9.17) is 4.74 Å². The highest BCUT2D eigenvalue weighted by molar-refractivity contribution is 6.05. The van der Waals surface area contributed by atoms with Gasteiger partial charge in [0.05, 0.1) is 5.56 Å². The van der Waals surface area contributed by atoms with E-state index < -0.39 is 12.1 Å². The standard InChI is InChI=1S/C22H22N2O3/c1-2-24-14-18(17-10-6-7-11-19(17)24)22(26)27-20(15-8-4-3-5-9-15)21(25)23-16-12-13-16/h3-11,14,16,20H,2,12-13H2,1H3,(H,23,25). The van der Waals surface area contributed by atoms with Gasteiger partial charge in [0.1, 0.15) is 0 Å². The van der Waals surface area contributed by atoms with Crippen molar-refractivity contribution in [3.05, 3.63) is 71.9 Å². The summed E-state index contributed by atoms with van der Waals surface area (Å²) in [7, 11) is 0. The van der Waals surface area contributed by atoms with Gasteiger partial charge in [0.2, 0.25) is 6.10 Å². The third kappa shape index (κ3) is 3.58. The Morgan fingerprint density at radius 3 is 2.52 bits per heavy atom. The Morgan fingerprint density at radius 2 is 1.81 bits per heavy atom. The van der Waals surface area contributed by atoms with Gasteiger partial charge in [-0.05, 0) is 25.8 Å². The average molecular weight is 362 g/mol. The van der Waals surface area contributed by atoms with Crippen LogP contribution in [0, 0.1) is 0 Å². The molecule has 4 rings (SSSR count). The van der Waals surface area contributed by atoms with Gasteiger partial charge in [-0.2, -0.15) is 0 Å². The molecule has 3 aromatic rings. The summed E-state index contributed by atoms with van der Waals surface area (Å²) in [6.07, 6.45) is 2.80. The van der Waals surface area contributed by atoms with Gasteiger partial charge in [-0.1, -0.05) is 48.5 Å². The van der Waals surface area contributed by atoms with Crippen LogP contribution in [0.3, 0.4) is 0 Å². The van der Waals surface area contributed by atoms with Gasteiger partial charge in [0.25, 0.3) is 5.91 Å². The first-order valence-corrected chi connectivity index (χ1v) is 9.31. The van der Waals surface area contributed by atoms with E-state index in [1.165, 1.54) is 0 Å². The Balaban J connectivity index is 1.65. The number of aromatic nitrogens is 1. The number of carbonyl (C=O) groups is 2. The summed E-state index contributed by atoms with van der Waals surface area (Å²) in [5.41, 5.74) is 2.13. The molecule has 1 amide bonds. The van der Waals surface area contributed by atoms with Gasteiger partial charge in [-0.25, -0.2) is 4.79 Å². The van der Waals surface area contributed by atoms with Crippen LogP contribution in [-0.4, -0.2) is 22.5 Å². The van der Waals surface area contributed by atoms with Crippen LogP contribution in [0.1, 0.15) is 41.8 Å². The molecular formula is C22H22N2O3. The highest BCUT2D eigenvalue weighted by Gasteiger charge is 2.31. The molecular weight excluding hydrogens is 340 g/mol. The second-order valence-electron chi connectivity index (χ2n) is 6.82. The third-order valence-corrected chi connectivity index (χ3v) is 4.84. The van der Waals surface area contributed by atoms with E-state index in [0.717, 1.165) is 30.3 Å². The molecule has 0 radical (unpaired) electrons. The summed E-state index contributed by atoms with van der Waals surface area (Å²) in [5, 5.41) is 3.77. The number of hydrogen-bond acceptors (Lipinski definition) is 3. The van der Waals surface area contributed by atoms with Crippen LogP contribution in [0.2, 0.25) is 0 Å². The molecule has 1 heterocycles. The normalized spacial score (nSPS) is 14.7. The first-order chi connectivity index (χ1) is 13.2. The number of hydrogen-bond donors (Lipinski definition) is 1. The number of nitrogens with one attached hydrogen (secondary N) is 1. The smallest absolute Gasteiger partial charge is 0.341 e. The van der Waals surface area contributed by atoms with Gasteiger partial charge in [0, 0.05) is 35.2 Å². The largest absolute Gasteiger partial charge is 0.444 e. The lowest BCUT2D eigenvalue weighted by atomic mass is 10.1. The van der Waals surface area contributed by atoms with Crippen LogP contribution in [0.4, 0.5) is 0 Å². The lowest BCUT2D eigenvalue weighted by Crippen LogP contribution is -2.33. The number of fused-ring (bicyclic) bond motifs is 1. The summed E-state index contributed by atoms with van der Waals surface area (Å²) in [6, 6.07) is 17.1. The molecule has 2 aromatic carbocycles. The topological polar surface area (TPSA) is 60.3 Å². The minimum atomic E-state index is -0.956. The molecule has 1 fully saturated rings. The molecule has 5 nitrogen and oxygen atoms in total. The van der Waals surface area contributed by atoms with E-state index in [2.05, 4.69) is 5.32 Å². The van der Waals surface area contributed by atoms with Crippen LogP contribution in [-0.2, 0) is 16.1 Å². The quantitative estimate of drug-likeness (QED) is 0.678. The Labute approximate surface area is 157 Å². The minimum absolute atomic E-state index is 0.199. The molecule has 27 heavy (non-hydrogen) atoms. The van der Waals surface area contributed by atoms with Crippen molar-refractivity contribution < 1.29 is 14.3 Å². The molecule has 0 bridgehead atoms. The summed E-state index contributed by atoms with van der Waals surface area (Å²) in [6.45, 7) is 2.77. The molecule has 1 saturated carbocycles. The second kappa shape index (κ2) is 7.27. The van der Waals surface area contributed by atoms with Crippen molar-refractivity contribution in [3.63, 3.8) is 0 Å². The number of amides is 1. The fraction of sp³-hybridized carbons (Fsp3) is 0.273. The first-order valence-electron chi connectivity index (χ1n) is 9.31. The maximum atomic E-state index is 13.0. The zero-order valence-corrected chi connectivity index (χ0v) is 15.2. The van der Waals surface area contributed by atoms with Crippen molar-refractivity contribution in [2.45, 2.75) is 38.5 Å². The molecule has 1 unspecified atom stereocenters. The molecule has 138 valence electrons. The molecule has 0 aliphatic heterocycles. The number of rotatable bonds is 6. The summed E-state index contributed by atoms with van der Waals surface area (Å²) in [4.78, 5) is 25.7. The van der Waals surface area contributed by atoms with Crippen LogP contribution in [0.5, 0.6) is 0 Å². The van der Waals surface area contributed by atoms with Crippen LogP contribution in [0.15, 0.2) is 60.8 Å². The Bertz CT molecular complexity index is 974. The number of carbonyl (C=O) groups excluding carboxylic acids is 2. The van der Waals surface area contributed by atoms with E-state index in [9.17, 15) is 9.59 Å². The van der Waals surface area contributed by atoms with E-state index in [1.54, 1.807) is 18.3 Å². The van der Waals surface area contributed by atoms with E-state index >= 15 is 0 Å². The van der Waals surface area contributed by atoms with Crippen LogP contribution in [0.25, 0.3) is 10.9 Å². The number of ether oxygens (including phenoxy) is 1. The Kier molecular flexibility index (Phi) is 4.67. The van der Waals surface area contributed by atoms with E-state index in [0.29, 0.717) is 11.1 Å². The first kappa shape index (κ1) is 17.3. The van der Waals surface area contributed by atoms with Crippen molar-refractivity contribution >= 4 is 22.8 Å². The minimum Gasteiger partial charge on any atom is -0.444 e. The predicted octanol–water partition coefficient (Wildman–Crippen LogP) is 3.84. The Morgan fingerprint density at radius 1 is 1.11 bits per heavy atom. The van der Waals surface area contributed by atoms with Gasteiger partial charge in [-0.3, -0.25) is 4.79 Å².